The van der Waals surface area contributed by atoms with Crippen molar-refractivity contribution < 1.29 is 23.6 Å². The van der Waals surface area contributed by atoms with E-state index in [4.69, 9.17) is 14.0 Å². The minimum atomic E-state index is -0.384. The van der Waals surface area contributed by atoms with Crippen LogP contribution in [0.2, 0.25) is 0 Å². The summed E-state index contributed by atoms with van der Waals surface area (Å²) < 4.78 is 16.0. The monoisotopic (exact) mass is 402 g/mol. The fourth-order valence-electron chi connectivity index (χ4n) is 3.15. The van der Waals surface area contributed by atoms with Gasteiger partial charge in [-0.05, 0) is 38.1 Å². The van der Waals surface area contributed by atoms with E-state index in [1.165, 1.54) is 7.11 Å². The number of aromatic nitrogens is 2. The smallest absolute Gasteiger partial charge is 0.251 e. The fraction of sp³-hybridized carbons (Fsp3) is 0.500. The molecule has 2 heterocycles. The molecule has 1 aromatic heterocycles. The van der Waals surface area contributed by atoms with Crippen molar-refractivity contribution in [3.05, 3.63) is 41.5 Å². The first kappa shape index (κ1) is 20.8. The largest absolute Gasteiger partial charge is 0.490 e. The van der Waals surface area contributed by atoms with Crippen LogP contribution in [0.15, 0.2) is 28.8 Å². The number of likely N-dealkylation sites (tertiary alicyclic amines) is 1. The summed E-state index contributed by atoms with van der Waals surface area (Å²) >= 11 is 0. The highest BCUT2D eigenvalue weighted by Gasteiger charge is 2.24. The van der Waals surface area contributed by atoms with Crippen molar-refractivity contribution in [1.82, 2.24) is 20.4 Å². The van der Waals surface area contributed by atoms with E-state index in [2.05, 4.69) is 15.5 Å². The van der Waals surface area contributed by atoms with Crippen LogP contribution in [0.25, 0.3) is 0 Å². The Balaban J connectivity index is 1.49. The molecule has 0 aliphatic carbocycles. The fourth-order valence-corrected chi connectivity index (χ4v) is 3.15. The molecule has 9 heteroatoms. The molecule has 0 bridgehead atoms. The Hall–Kier alpha value is -2.94. The van der Waals surface area contributed by atoms with Gasteiger partial charge in [0.15, 0.2) is 5.82 Å². The number of carbonyl (C=O) groups is 2. The lowest BCUT2D eigenvalue weighted by molar-refractivity contribution is -0.136. The van der Waals surface area contributed by atoms with E-state index in [1.54, 1.807) is 43.0 Å². The van der Waals surface area contributed by atoms with E-state index in [1.807, 2.05) is 0 Å². The van der Waals surface area contributed by atoms with E-state index in [0.717, 1.165) is 12.8 Å². The van der Waals surface area contributed by atoms with Crippen molar-refractivity contribution in [2.24, 2.45) is 0 Å². The Kier molecular flexibility index (Phi) is 6.82. The lowest BCUT2D eigenvalue weighted by Gasteiger charge is -2.32. The molecule has 1 aliphatic heterocycles. The number of hydrogen-bond acceptors (Lipinski definition) is 7. The minimum Gasteiger partial charge on any atom is -0.490 e. The molecule has 29 heavy (non-hydrogen) atoms. The van der Waals surface area contributed by atoms with E-state index >= 15 is 0 Å². The van der Waals surface area contributed by atoms with Gasteiger partial charge in [-0.1, -0.05) is 5.16 Å². The molecular weight excluding hydrogens is 376 g/mol. The number of ether oxygens (including phenoxy) is 2. The average Bonchev–Trinajstić information content (AvgIpc) is 3.16. The van der Waals surface area contributed by atoms with Crippen LogP contribution in [0.5, 0.6) is 5.75 Å². The van der Waals surface area contributed by atoms with Crippen molar-refractivity contribution in [3.8, 4) is 5.75 Å². The van der Waals surface area contributed by atoms with Crippen molar-refractivity contribution in [3.63, 3.8) is 0 Å². The predicted octanol–water partition coefficient (Wildman–Crippen LogP) is 1.89. The second-order valence-electron chi connectivity index (χ2n) is 7.03. The van der Waals surface area contributed by atoms with Crippen molar-refractivity contribution >= 4 is 11.8 Å². The van der Waals surface area contributed by atoms with Gasteiger partial charge in [-0.3, -0.25) is 9.59 Å². The summed E-state index contributed by atoms with van der Waals surface area (Å²) in [6.07, 6.45) is 1.57. The van der Waals surface area contributed by atoms with Crippen LogP contribution in [0, 0.1) is 6.92 Å². The van der Waals surface area contributed by atoms with Crippen LogP contribution in [0.3, 0.4) is 0 Å². The zero-order chi connectivity index (χ0) is 20.8. The summed E-state index contributed by atoms with van der Waals surface area (Å²) in [5.41, 5.74) is 0.514. The first-order valence-electron chi connectivity index (χ1n) is 9.60. The number of benzene rings is 1. The maximum absolute atomic E-state index is 12.4. The van der Waals surface area contributed by atoms with Gasteiger partial charge in [-0.15, -0.1) is 0 Å². The Morgan fingerprint density at radius 1 is 1.28 bits per heavy atom. The maximum atomic E-state index is 12.4. The molecule has 0 radical (unpaired) electrons. The highest BCUT2D eigenvalue weighted by Crippen LogP contribution is 2.20. The second kappa shape index (κ2) is 9.51. The van der Waals surface area contributed by atoms with Crippen LogP contribution in [-0.2, 0) is 9.53 Å². The first-order valence-corrected chi connectivity index (χ1v) is 9.60. The van der Waals surface area contributed by atoms with Gasteiger partial charge < -0.3 is 24.2 Å². The maximum Gasteiger partial charge on any atom is 0.251 e. The second-order valence-corrected chi connectivity index (χ2v) is 7.03. The third kappa shape index (κ3) is 5.54. The van der Waals surface area contributed by atoms with Crippen LogP contribution in [0.4, 0.5) is 0 Å². The summed E-state index contributed by atoms with van der Waals surface area (Å²) in [4.78, 5) is 30.2. The molecule has 1 aliphatic rings. The average molecular weight is 402 g/mol. The number of hydrogen-bond donors (Lipinski definition) is 1. The van der Waals surface area contributed by atoms with Gasteiger partial charge in [0.25, 0.3) is 5.91 Å². The topological polar surface area (TPSA) is 107 Å². The minimum absolute atomic E-state index is 0.00577. The normalized spacial score (nSPS) is 15.8. The summed E-state index contributed by atoms with van der Waals surface area (Å²) in [6.45, 7) is 4.92. The lowest BCUT2D eigenvalue weighted by atomic mass is 10.1. The van der Waals surface area contributed by atoms with Crippen molar-refractivity contribution in [2.45, 2.75) is 38.8 Å². The predicted molar refractivity (Wildman–Crippen MR) is 103 cm³/mol. The Morgan fingerprint density at radius 2 is 1.97 bits per heavy atom. The number of aryl methyl sites for hydroxylation is 1. The van der Waals surface area contributed by atoms with Crippen molar-refractivity contribution in [1.29, 1.82) is 0 Å². The number of rotatable bonds is 7. The molecule has 9 nitrogen and oxygen atoms in total. The summed E-state index contributed by atoms with van der Waals surface area (Å²) in [6, 6.07) is 6.60. The molecule has 1 N–H and O–H groups in total. The van der Waals surface area contributed by atoms with E-state index in [-0.39, 0.29) is 30.6 Å². The van der Waals surface area contributed by atoms with Crippen LogP contribution < -0.4 is 10.1 Å². The zero-order valence-electron chi connectivity index (χ0n) is 16.9. The first-order chi connectivity index (χ1) is 14.0. The number of carbonyl (C=O) groups excluding carboxylic acids is 2. The number of nitrogens with zero attached hydrogens (tertiary/aromatic N) is 3. The molecule has 1 atom stereocenters. The van der Waals surface area contributed by atoms with Crippen molar-refractivity contribution in [2.75, 3.05) is 26.8 Å². The van der Waals surface area contributed by atoms with Gasteiger partial charge in [0.1, 0.15) is 24.5 Å². The highest BCUT2D eigenvalue weighted by atomic mass is 16.5. The van der Waals surface area contributed by atoms with Gasteiger partial charge in [-0.2, -0.15) is 4.98 Å². The molecule has 1 aromatic carbocycles. The Bertz CT molecular complexity index is 828. The Morgan fingerprint density at radius 3 is 2.55 bits per heavy atom. The summed E-state index contributed by atoms with van der Waals surface area (Å²) in [5, 5.41) is 6.56. The molecule has 2 amide bonds. The molecule has 3 rings (SSSR count). The van der Waals surface area contributed by atoms with Gasteiger partial charge in [0, 0.05) is 38.6 Å². The molecule has 1 fully saturated rings. The standard InChI is InChI=1S/C20H26N4O5/c1-13(20-22-14(2)23-29-20)21-19(26)15-4-6-16(7-5-15)28-17-8-10-24(11-9-17)18(25)12-27-3/h4-7,13,17H,8-12H2,1-3H3,(H,21,26). The number of methoxy groups -OCH3 is 1. The van der Waals surface area contributed by atoms with E-state index in [0.29, 0.717) is 36.1 Å². The number of piperidine rings is 1. The quantitative estimate of drug-likeness (QED) is 0.753. The summed E-state index contributed by atoms with van der Waals surface area (Å²) in [5.74, 6) is 1.36. The third-order valence-corrected chi connectivity index (χ3v) is 4.74. The molecule has 0 spiro atoms. The molecular formula is C20H26N4O5. The van der Waals surface area contributed by atoms with Gasteiger partial charge in [0.2, 0.25) is 11.8 Å². The third-order valence-electron chi connectivity index (χ3n) is 4.74. The van der Waals surface area contributed by atoms with Gasteiger partial charge >= 0.3 is 0 Å². The zero-order valence-corrected chi connectivity index (χ0v) is 16.9. The summed E-state index contributed by atoms with van der Waals surface area (Å²) in [7, 11) is 1.52. The molecule has 0 saturated carbocycles. The molecule has 156 valence electrons. The van der Waals surface area contributed by atoms with Crippen LogP contribution in [0.1, 0.15) is 47.9 Å². The van der Waals surface area contributed by atoms with E-state index < -0.39 is 0 Å². The van der Waals surface area contributed by atoms with E-state index in [9.17, 15) is 9.59 Å². The highest BCUT2D eigenvalue weighted by molar-refractivity contribution is 5.94. The number of amides is 2. The molecule has 1 saturated heterocycles. The SMILES string of the molecule is COCC(=O)N1CCC(Oc2ccc(C(=O)NC(C)c3nc(C)no3)cc2)CC1. The number of nitrogens with one attached hydrogen (secondary N) is 1. The Labute approximate surface area is 169 Å². The lowest BCUT2D eigenvalue weighted by Crippen LogP contribution is -2.43. The van der Waals surface area contributed by atoms with Gasteiger partial charge in [-0.25, -0.2) is 0 Å². The molecule has 2 aromatic rings. The van der Waals surface area contributed by atoms with Crippen LogP contribution in [-0.4, -0.2) is 59.8 Å². The van der Waals surface area contributed by atoms with Gasteiger partial charge in [0.05, 0.1) is 0 Å². The van der Waals surface area contributed by atoms with Crippen LogP contribution >= 0.6 is 0 Å². The molecule has 1 unspecified atom stereocenters.